The Labute approximate surface area is 176 Å². The van der Waals surface area contributed by atoms with Crippen LogP contribution in [0.4, 0.5) is 0 Å². The van der Waals surface area contributed by atoms with Gasteiger partial charge >= 0.3 is 0 Å². The maximum Gasteiger partial charge on any atom is 0.275 e. The number of fused-ring (bicyclic) bond motifs is 1. The van der Waals surface area contributed by atoms with E-state index in [1.165, 1.54) is 19.3 Å². The van der Waals surface area contributed by atoms with Gasteiger partial charge in [0.1, 0.15) is 5.75 Å². The second kappa shape index (κ2) is 7.74. The van der Waals surface area contributed by atoms with Gasteiger partial charge in [0.2, 0.25) is 0 Å². The number of rotatable bonds is 7. The van der Waals surface area contributed by atoms with E-state index in [2.05, 4.69) is 22.2 Å². The molecule has 1 aromatic carbocycles. The molecule has 6 heteroatoms. The second-order valence-corrected chi connectivity index (χ2v) is 8.75. The number of hydrogen-bond donors (Lipinski definition) is 0. The summed E-state index contributed by atoms with van der Waals surface area (Å²) in [5.41, 5.74) is 4.20. The zero-order valence-corrected chi connectivity index (χ0v) is 17.7. The van der Waals surface area contributed by atoms with Gasteiger partial charge < -0.3 is 9.64 Å². The van der Waals surface area contributed by atoms with Gasteiger partial charge in [-0.15, -0.1) is 0 Å². The Kier molecular flexibility index (Phi) is 4.93. The summed E-state index contributed by atoms with van der Waals surface area (Å²) in [7, 11) is 0. The van der Waals surface area contributed by atoms with E-state index in [4.69, 9.17) is 4.74 Å². The van der Waals surface area contributed by atoms with Crippen molar-refractivity contribution in [1.29, 1.82) is 0 Å². The van der Waals surface area contributed by atoms with Crippen LogP contribution in [0.25, 0.3) is 5.65 Å². The number of ether oxygens (including phenoxy) is 1. The fraction of sp³-hybridized carbons (Fsp3) is 0.458. The maximum atomic E-state index is 13.3. The Morgan fingerprint density at radius 1 is 1.13 bits per heavy atom. The lowest BCUT2D eigenvalue weighted by Crippen LogP contribution is -2.33. The van der Waals surface area contributed by atoms with Crippen molar-refractivity contribution >= 4 is 11.6 Å². The highest BCUT2D eigenvalue weighted by Crippen LogP contribution is 2.31. The number of carbonyl (C=O) groups excluding carboxylic acids is 1. The van der Waals surface area contributed by atoms with E-state index in [0.717, 1.165) is 53.7 Å². The van der Waals surface area contributed by atoms with Crippen LogP contribution < -0.4 is 4.74 Å². The van der Waals surface area contributed by atoms with Gasteiger partial charge in [-0.3, -0.25) is 4.79 Å². The summed E-state index contributed by atoms with van der Waals surface area (Å²) in [6.07, 6.45) is 6.01. The molecular weight excluding hydrogens is 376 g/mol. The lowest BCUT2D eigenvalue weighted by molar-refractivity contribution is 0.0723. The zero-order valence-electron chi connectivity index (χ0n) is 17.7. The van der Waals surface area contributed by atoms with E-state index >= 15 is 0 Å². The molecule has 3 aromatic rings. The van der Waals surface area contributed by atoms with Gasteiger partial charge in [-0.25, -0.2) is 9.50 Å². The van der Waals surface area contributed by atoms with E-state index in [1.807, 2.05) is 36.9 Å². The SMILES string of the molecule is Cc1cc(C)n2nc(C(=O)N(Cc3ccc(OCC4CCC4)cc3)C3CC3)cc2n1. The van der Waals surface area contributed by atoms with Crippen LogP contribution in [0, 0.1) is 19.8 Å². The van der Waals surface area contributed by atoms with E-state index < -0.39 is 0 Å². The summed E-state index contributed by atoms with van der Waals surface area (Å²) in [6, 6.07) is 12.2. The Bertz CT molecular complexity index is 1060. The van der Waals surface area contributed by atoms with Crippen LogP contribution >= 0.6 is 0 Å². The lowest BCUT2D eigenvalue weighted by atomic mass is 9.86. The molecule has 5 rings (SSSR count). The minimum absolute atomic E-state index is 0.0228. The minimum atomic E-state index is -0.0228. The molecule has 2 aliphatic carbocycles. The van der Waals surface area contributed by atoms with Crippen LogP contribution in [0.3, 0.4) is 0 Å². The molecule has 0 unspecified atom stereocenters. The molecule has 6 nitrogen and oxygen atoms in total. The molecule has 0 atom stereocenters. The van der Waals surface area contributed by atoms with Crippen LogP contribution in [0.15, 0.2) is 36.4 Å². The highest BCUT2D eigenvalue weighted by atomic mass is 16.5. The van der Waals surface area contributed by atoms with E-state index in [0.29, 0.717) is 18.3 Å². The first-order valence-electron chi connectivity index (χ1n) is 10.9. The molecule has 1 amide bonds. The van der Waals surface area contributed by atoms with Gasteiger partial charge in [-0.2, -0.15) is 5.10 Å². The summed E-state index contributed by atoms with van der Waals surface area (Å²) in [6.45, 7) is 5.34. The number of carbonyl (C=O) groups is 1. The fourth-order valence-corrected chi connectivity index (χ4v) is 4.05. The molecule has 30 heavy (non-hydrogen) atoms. The quantitative estimate of drug-likeness (QED) is 0.588. The minimum Gasteiger partial charge on any atom is -0.493 e. The van der Waals surface area contributed by atoms with Crippen LogP contribution in [0.5, 0.6) is 5.75 Å². The molecule has 0 bridgehead atoms. The van der Waals surface area contributed by atoms with Crippen LogP contribution in [-0.4, -0.2) is 38.1 Å². The molecule has 0 saturated heterocycles. The van der Waals surface area contributed by atoms with Crippen molar-refractivity contribution < 1.29 is 9.53 Å². The number of benzene rings is 1. The Morgan fingerprint density at radius 2 is 1.90 bits per heavy atom. The number of nitrogens with zero attached hydrogens (tertiary/aromatic N) is 4. The largest absolute Gasteiger partial charge is 0.493 e. The number of aryl methyl sites for hydroxylation is 2. The van der Waals surface area contributed by atoms with Crippen molar-refractivity contribution in [1.82, 2.24) is 19.5 Å². The molecule has 0 N–H and O–H groups in total. The lowest BCUT2D eigenvalue weighted by Gasteiger charge is -2.25. The topological polar surface area (TPSA) is 59.7 Å². The van der Waals surface area contributed by atoms with Crippen molar-refractivity contribution in [2.24, 2.45) is 5.92 Å². The third kappa shape index (κ3) is 3.91. The second-order valence-electron chi connectivity index (χ2n) is 8.75. The first-order chi connectivity index (χ1) is 14.6. The first-order valence-corrected chi connectivity index (χ1v) is 10.9. The standard InChI is InChI=1S/C24H28N4O2/c1-16-12-17(2)28-23(25-16)13-22(26-28)24(29)27(20-8-9-20)14-18-6-10-21(11-7-18)30-15-19-4-3-5-19/h6-7,10-13,19-20H,3-5,8-9,14-15H2,1-2H3. The van der Waals surface area contributed by atoms with Crippen molar-refractivity contribution in [2.75, 3.05) is 6.61 Å². The smallest absolute Gasteiger partial charge is 0.275 e. The van der Waals surface area contributed by atoms with Gasteiger partial charge in [-0.05, 0) is 69.2 Å². The zero-order chi connectivity index (χ0) is 20.7. The molecule has 2 fully saturated rings. The molecule has 2 aromatic heterocycles. The predicted octanol–water partition coefficient (Wildman–Crippen LogP) is 4.33. The van der Waals surface area contributed by atoms with Crippen molar-refractivity contribution in [3.05, 3.63) is 59.0 Å². The van der Waals surface area contributed by atoms with Gasteiger partial charge in [-0.1, -0.05) is 18.6 Å². The van der Waals surface area contributed by atoms with E-state index in [-0.39, 0.29) is 5.91 Å². The van der Waals surface area contributed by atoms with Crippen LogP contribution in [-0.2, 0) is 6.54 Å². The average Bonchev–Trinajstić information content (AvgIpc) is 3.44. The van der Waals surface area contributed by atoms with Gasteiger partial charge in [0.05, 0.1) is 6.61 Å². The number of amides is 1. The van der Waals surface area contributed by atoms with Crippen LogP contribution in [0.1, 0.15) is 59.5 Å². The van der Waals surface area contributed by atoms with E-state index in [9.17, 15) is 4.79 Å². The maximum absolute atomic E-state index is 13.3. The Balaban J connectivity index is 1.30. The summed E-state index contributed by atoms with van der Waals surface area (Å²) < 4.78 is 7.65. The van der Waals surface area contributed by atoms with Crippen molar-refractivity contribution in [3.63, 3.8) is 0 Å². The molecular formula is C24H28N4O2. The van der Waals surface area contributed by atoms with Crippen molar-refractivity contribution in [2.45, 2.75) is 58.5 Å². The molecule has 0 radical (unpaired) electrons. The van der Waals surface area contributed by atoms with Gasteiger partial charge in [0.15, 0.2) is 11.3 Å². The summed E-state index contributed by atoms with van der Waals surface area (Å²) in [4.78, 5) is 19.7. The molecule has 2 heterocycles. The van der Waals surface area contributed by atoms with E-state index in [1.54, 1.807) is 10.6 Å². The fourth-order valence-electron chi connectivity index (χ4n) is 4.05. The van der Waals surface area contributed by atoms with Gasteiger partial charge in [0, 0.05) is 30.0 Å². The molecule has 2 saturated carbocycles. The van der Waals surface area contributed by atoms with Gasteiger partial charge in [0.25, 0.3) is 5.91 Å². The summed E-state index contributed by atoms with van der Waals surface area (Å²) in [5, 5.41) is 4.54. The molecule has 156 valence electrons. The summed E-state index contributed by atoms with van der Waals surface area (Å²) in [5.74, 6) is 1.61. The Morgan fingerprint density at radius 3 is 2.57 bits per heavy atom. The highest BCUT2D eigenvalue weighted by molar-refractivity contribution is 5.93. The average molecular weight is 405 g/mol. The van der Waals surface area contributed by atoms with Crippen molar-refractivity contribution in [3.8, 4) is 5.75 Å². The predicted molar refractivity (Wildman–Crippen MR) is 115 cm³/mol. The number of aromatic nitrogens is 3. The normalized spacial score (nSPS) is 16.5. The monoisotopic (exact) mass is 404 g/mol. The first kappa shape index (κ1) is 19.1. The summed E-state index contributed by atoms with van der Waals surface area (Å²) >= 11 is 0. The molecule has 0 spiro atoms. The highest BCUT2D eigenvalue weighted by Gasteiger charge is 2.34. The number of hydrogen-bond acceptors (Lipinski definition) is 4. The van der Waals surface area contributed by atoms with Crippen LogP contribution in [0.2, 0.25) is 0 Å². The molecule has 0 aliphatic heterocycles. The Hall–Kier alpha value is -2.89. The third-order valence-electron chi connectivity index (χ3n) is 6.19. The third-order valence-corrected chi connectivity index (χ3v) is 6.19. The molecule has 2 aliphatic rings.